The van der Waals surface area contributed by atoms with E-state index in [4.69, 9.17) is 4.43 Å². The molecule has 2 aromatic rings. The highest BCUT2D eigenvalue weighted by Crippen LogP contribution is 2.36. The summed E-state index contributed by atoms with van der Waals surface area (Å²) in [5.74, 6) is 0. The molecule has 0 fully saturated rings. The summed E-state index contributed by atoms with van der Waals surface area (Å²) in [6, 6.07) is 21.9. The van der Waals surface area contributed by atoms with Gasteiger partial charge < -0.3 is 4.43 Å². The maximum Gasteiger partial charge on any atom is 0.261 e. The zero-order valence-corrected chi connectivity index (χ0v) is 20.9. The Bertz CT molecular complexity index is 713. The summed E-state index contributed by atoms with van der Waals surface area (Å²) < 4.78 is 6.97. The standard InChI is InChI=1S/C25H38OSi2/c1-22(21-27(5,6)7)15-14-20-26-28(25(2,3)4,23-16-10-8-11-17-23)24-18-12-9-13-19-24/h8-13,16-19,21H,14-15,20H2,1-7H3/b22-21+. The van der Waals surface area contributed by atoms with Gasteiger partial charge in [0.2, 0.25) is 0 Å². The number of hydrogen-bond acceptors (Lipinski definition) is 1. The van der Waals surface area contributed by atoms with Crippen LogP contribution in [0.4, 0.5) is 0 Å². The second-order valence-electron chi connectivity index (χ2n) is 9.97. The molecule has 2 aromatic carbocycles. The lowest BCUT2D eigenvalue weighted by atomic mass is 10.2. The highest BCUT2D eigenvalue weighted by atomic mass is 28.4. The second-order valence-corrected chi connectivity index (χ2v) is 19.3. The summed E-state index contributed by atoms with van der Waals surface area (Å²) in [6.45, 7) is 17.3. The minimum absolute atomic E-state index is 0.0545. The van der Waals surface area contributed by atoms with Crippen molar-refractivity contribution in [3.05, 3.63) is 71.9 Å². The summed E-state index contributed by atoms with van der Waals surface area (Å²) in [6.07, 6.45) is 2.21. The largest absolute Gasteiger partial charge is 0.407 e. The molecule has 0 heterocycles. The quantitative estimate of drug-likeness (QED) is 0.374. The van der Waals surface area contributed by atoms with Gasteiger partial charge in [0, 0.05) is 6.61 Å². The molecule has 0 spiro atoms. The predicted octanol–water partition coefficient (Wildman–Crippen LogP) is 6.17. The van der Waals surface area contributed by atoms with Gasteiger partial charge in [-0.05, 0) is 35.2 Å². The molecule has 0 saturated heterocycles. The molecule has 0 bridgehead atoms. The number of benzene rings is 2. The van der Waals surface area contributed by atoms with Crippen molar-refractivity contribution in [2.24, 2.45) is 0 Å². The van der Waals surface area contributed by atoms with E-state index >= 15 is 0 Å². The van der Waals surface area contributed by atoms with Gasteiger partial charge in [0.15, 0.2) is 0 Å². The van der Waals surface area contributed by atoms with Crippen LogP contribution in [-0.2, 0) is 4.43 Å². The van der Waals surface area contributed by atoms with E-state index in [1.807, 2.05) is 0 Å². The molecular weight excluding hydrogens is 372 g/mol. The van der Waals surface area contributed by atoms with Crippen LogP contribution < -0.4 is 10.4 Å². The molecule has 0 amide bonds. The van der Waals surface area contributed by atoms with Crippen molar-refractivity contribution in [2.75, 3.05) is 6.61 Å². The third-order valence-corrected chi connectivity index (χ3v) is 11.5. The van der Waals surface area contributed by atoms with Crippen LogP contribution in [0.25, 0.3) is 0 Å². The third kappa shape index (κ3) is 5.79. The number of rotatable bonds is 8. The average Bonchev–Trinajstić information content (AvgIpc) is 2.61. The molecule has 0 atom stereocenters. The van der Waals surface area contributed by atoms with Crippen molar-refractivity contribution in [3.63, 3.8) is 0 Å². The topological polar surface area (TPSA) is 9.23 Å². The van der Waals surface area contributed by atoms with Crippen molar-refractivity contribution >= 4 is 26.8 Å². The van der Waals surface area contributed by atoms with Crippen molar-refractivity contribution in [2.45, 2.75) is 65.2 Å². The van der Waals surface area contributed by atoms with Crippen LogP contribution in [0.15, 0.2) is 71.9 Å². The van der Waals surface area contributed by atoms with Crippen LogP contribution in [-0.4, -0.2) is 23.0 Å². The van der Waals surface area contributed by atoms with Crippen molar-refractivity contribution in [3.8, 4) is 0 Å². The Morgan fingerprint density at radius 3 is 1.71 bits per heavy atom. The Morgan fingerprint density at radius 1 is 0.857 bits per heavy atom. The van der Waals surface area contributed by atoms with Crippen molar-refractivity contribution < 1.29 is 4.43 Å². The first-order valence-corrected chi connectivity index (χ1v) is 16.0. The minimum atomic E-state index is -2.38. The molecule has 152 valence electrons. The van der Waals surface area contributed by atoms with E-state index < -0.39 is 16.4 Å². The molecular formula is C25H38OSi2. The van der Waals surface area contributed by atoms with Crippen LogP contribution >= 0.6 is 0 Å². The maximum atomic E-state index is 6.97. The van der Waals surface area contributed by atoms with Crippen molar-refractivity contribution in [1.29, 1.82) is 0 Å². The average molecular weight is 411 g/mol. The molecule has 0 unspecified atom stereocenters. The zero-order chi connectivity index (χ0) is 20.8. The Kier molecular flexibility index (Phi) is 7.66. The monoisotopic (exact) mass is 410 g/mol. The van der Waals surface area contributed by atoms with Gasteiger partial charge in [0.05, 0.1) is 8.07 Å². The van der Waals surface area contributed by atoms with Gasteiger partial charge in [-0.2, -0.15) is 0 Å². The van der Waals surface area contributed by atoms with Crippen LogP contribution in [0.3, 0.4) is 0 Å². The summed E-state index contributed by atoms with van der Waals surface area (Å²) in [5, 5.41) is 2.78. The van der Waals surface area contributed by atoms with Gasteiger partial charge >= 0.3 is 0 Å². The number of hydrogen-bond donors (Lipinski definition) is 0. The van der Waals surface area contributed by atoms with Crippen LogP contribution in [0, 0.1) is 0 Å². The first kappa shape index (κ1) is 22.9. The van der Waals surface area contributed by atoms with Gasteiger partial charge in [0.25, 0.3) is 8.32 Å². The third-order valence-electron chi connectivity index (χ3n) is 5.13. The fourth-order valence-electron chi connectivity index (χ4n) is 4.15. The molecule has 0 aliphatic carbocycles. The SMILES string of the molecule is C/C(=C\[Si](C)(C)C)CCCO[Si](c1ccccc1)(c1ccccc1)C(C)(C)C. The lowest BCUT2D eigenvalue weighted by Crippen LogP contribution is -2.66. The molecule has 1 nitrogen and oxygen atoms in total. The molecule has 28 heavy (non-hydrogen) atoms. The molecule has 0 aromatic heterocycles. The van der Waals surface area contributed by atoms with Crippen molar-refractivity contribution in [1.82, 2.24) is 0 Å². The molecule has 0 aliphatic heterocycles. The van der Waals surface area contributed by atoms with E-state index in [1.165, 1.54) is 15.9 Å². The van der Waals surface area contributed by atoms with Gasteiger partial charge in [-0.3, -0.25) is 0 Å². The van der Waals surface area contributed by atoms with Crippen LogP contribution in [0.2, 0.25) is 24.7 Å². The summed E-state index contributed by atoms with van der Waals surface area (Å²) in [7, 11) is -3.53. The summed E-state index contributed by atoms with van der Waals surface area (Å²) in [5.41, 5.74) is 4.04. The molecule has 3 heteroatoms. The normalized spacial score (nSPS) is 13.6. The van der Waals surface area contributed by atoms with E-state index in [0.717, 1.165) is 19.4 Å². The molecule has 0 N–H and O–H groups in total. The Morgan fingerprint density at radius 2 is 1.32 bits per heavy atom. The lowest BCUT2D eigenvalue weighted by Gasteiger charge is -2.43. The first-order chi connectivity index (χ1) is 13.1. The molecule has 0 saturated carbocycles. The van der Waals surface area contributed by atoms with Crippen LogP contribution in [0.1, 0.15) is 40.5 Å². The van der Waals surface area contributed by atoms with Gasteiger partial charge in [0.1, 0.15) is 0 Å². The molecule has 2 rings (SSSR count). The van der Waals surface area contributed by atoms with E-state index in [9.17, 15) is 0 Å². The maximum absolute atomic E-state index is 6.97. The minimum Gasteiger partial charge on any atom is -0.407 e. The molecule has 0 radical (unpaired) electrons. The zero-order valence-electron chi connectivity index (χ0n) is 18.9. The van der Waals surface area contributed by atoms with Gasteiger partial charge in [-0.25, -0.2) is 0 Å². The van der Waals surface area contributed by atoms with E-state index in [-0.39, 0.29) is 5.04 Å². The Hall–Kier alpha value is -1.43. The lowest BCUT2D eigenvalue weighted by molar-refractivity contribution is 0.292. The fraction of sp³-hybridized carbons (Fsp3) is 0.440. The van der Waals surface area contributed by atoms with Gasteiger partial charge in [-0.1, -0.05) is 112 Å². The Labute approximate surface area is 175 Å². The van der Waals surface area contributed by atoms with E-state index in [1.54, 1.807) is 0 Å². The van der Waals surface area contributed by atoms with E-state index in [2.05, 4.69) is 114 Å². The first-order valence-electron chi connectivity index (χ1n) is 10.5. The predicted molar refractivity (Wildman–Crippen MR) is 130 cm³/mol. The highest BCUT2D eigenvalue weighted by Gasteiger charge is 2.49. The highest BCUT2D eigenvalue weighted by molar-refractivity contribution is 6.99. The molecule has 0 aliphatic rings. The van der Waals surface area contributed by atoms with E-state index in [0.29, 0.717) is 0 Å². The fourth-order valence-corrected chi connectivity index (χ4v) is 10.4. The number of allylic oxidation sites excluding steroid dienone is 1. The Balaban J connectivity index is 2.31. The summed E-state index contributed by atoms with van der Waals surface area (Å²) >= 11 is 0. The smallest absolute Gasteiger partial charge is 0.261 e. The van der Waals surface area contributed by atoms with Crippen LogP contribution in [0.5, 0.6) is 0 Å². The van der Waals surface area contributed by atoms with Gasteiger partial charge in [-0.15, -0.1) is 0 Å². The second kappa shape index (κ2) is 9.38. The summed E-state index contributed by atoms with van der Waals surface area (Å²) in [4.78, 5) is 0.